The average molecular weight is 336 g/mol. The van der Waals surface area contributed by atoms with Crippen molar-refractivity contribution in [2.45, 2.75) is 38.8 Å². The first-order chi connectivity index (χ1) is 11.3. The number of carbonyl (C=O) groups is 3. The number of nitrogens with zero attached hydrogens (tertiary/aromatic N) is 1. The normalized spacial score (nSPS) is 18.8. The first kappa shape index (κ1) is 17.9. The number of hydrogen-bond donors (Lipinski definition) is 2. The summed E-state index contributed by atoms with van der Waals surface area (Å²) in [5.41, 5.74) is 0.511. The summed E-state index contributed by atoms with van der Waals surface area (Å²) < 4.78 is 13.0. The Morgan fingerprint density at radius 2 is 1.96 bits per heavy atom. The summed E-state index contributed by atoms with van der Waals surface area (Å²) in [7, 11) is 0. The minimum absolute atomic E-state index is 0.0159. The second-order valence-corrected chi connectivity index (χ2v) is 6.25. The van der Waals surface area contributed by atoms with Crippen LogP contribution in [0.15, 0.2) is 24.3 Å². The summed E-state index contributed by atoms with van der Waals surface area (Å²) in [6, 6.07) is 4.58. The summed E-state index contributed by atoms with van der Waals surface area (Å²) in [4.78, 5) is 37.0. The highest BCUT2D eigenvalue weighted by atomic mass is 19.1. The molecule has 0 radical (unpaired) electrons. The van der Waals surface area contributed by atoms with Gasteiger partial charge in [0.05, 0.1) is 18.4 Å². The van der Waals surface area contributed by atoms with Crippen LogP contribution in [0.5, 0.6) is 0 Å². The molecule has 1 saturated heterocycles. The zero-order valence-corrected chi connectivity index (χ0v) is 13.7. The molecule has 6 nitrogen and oxygen atoms in total. The fraction of sp³-hybridized carbons (Fsp3) is 0.471. The van der Waals surface area contributed by atoms with E-state index in [9.17, 15) is 18.8 Å². The predicted molar refractivity (Wildman–Crippen MR) is 84.5 cm³/mol. The molecule has 0 bridgehead atoms. The van der Waals surface area contributed by atoms with Gasteiger partial charge in [-0.05, 0) is 31.5 Å². The van der Waals surface area contributed by atoms with Gasteiger partial charge in [-0.15, -0.1) is 0 Å². The highest BCUT2D eigenvalue weighted by molar-refractivity contribution is 5.89. The number of rotatable bonds is 6. The van der Waals surface area contributed by atoms with E-state index in [1.54, 1.807) is 4.90 Å². The molecule has 2 N–H and O–H groups in total. The Balaban J connectivity index is 2.09. The van der Waals surface area contributed by atoms with E-state index in [0.717, 1.165) is 0 Å². The number of nitrogens with one attached hydrogen (secondary N) is 1. The number of likely N-dealkylation sites (tertiary alicyclic amines) is 1. The van der Waals surface area contributed by atoms with Gasteiger partial charge in [0.15, 0.2) is 0 Å². The Hall–Kier alpha value is -2.44. The molecule has 1 aromatic carbocycles. The lowest BCUT2D eigenvalue weighted by Gasteiger charge is -2.22. The SMILES string of the molecule is CC(C)N1C[C@@H](C(=O)N[C@H](CC(=O)O)c2ccc(F)cc2)CC1=O. The Kier molecular flexibility index (Phi) is 5.54. The second-order valence-electron chi connectivity index (χ2n) is 6.25. The van der Waals surface area contributed by atoms with Gasteiger partial charge in [0.2, 0.25) is 11.8 Å². The smallest absolute Gasteiger partial charge is 0.305 e. The van der Waals surface area contributed by atoms with E-state index in [1.807, 2.05) is 13.8 Å². The van der Waals surface area contributed by atoms with Gasteiger partial charge in [-0.2, -0.15) is 0 Å². The first-order valence-corrected chi connectivity index (χ1v) is 7.85. The number of aliphatic carboxylic acids is 1. The molecule has 24 heavy (non-hydrogen) atoms. The summed E-state index contributed by atoms with van der Waals surface area (Å²) >= 11 is 0. The molecule has 0 saturated carbocycles. The number of carbonyl (C=O) groups excluding carboxylic acids is 2. The van der Waals surface area contributed by atoms with Crippen molar-refractivity contribution in [2.24, 2.45) is 5.92 Å². The molecule has 0 aliphatic carbocycles. The second kappa shape index (κ2) is 7.42. The number of carboxylic acids is 1. The van der Waals surface area contributed by atoms with Crippen LogP contribution in [0.4, 0.5) is 4.39 Å². The minimum Gasteiger partial charge on any atom is -0.481 e. The van der Waals surface area contributed by atoms with Crippen molar-refractivity contribution >= 4 is 17.8 Å². The van der Waals surface area contributed by atoms with Crippen molar-refractivity contribution in [3.63, 3.8) is 0 Å². The maximum atomic E-state index is 13.0. The Bertz CT molecular complexity index is 630. The van der Waals surface area contributed by atoms with Crippen molar-refractivity contribution in [1.29, 1.82) is 0 Å². The first-order valence-electron chi connectivity index (χ1n) is 7.85. The van der Waals surface area contributed by atoms with E-state index in [-0.39, 0.29) is 30.7 Å². The number of benzene rings is 1. The van der Waals surface area contributed by atoms with Crippen LogP contribution in [-0.4, -0.2) is 40.4 Å². The summed E-state index contributed by atoms with van der Waals surface area (Å²) in [6.07, 6.45) is -0.195. The molecule has 1 aliphatic rings. The summed E-state index contributed by atoms with van der Waals surface area (Å²) in [5, 5.41) is 11.7. The molecule has 130 valence electrons. The molecule has 2 amide bonds. The van der Waals surface area contributed by atoms with Gasteiger partial charge in [-0.25, -0.2) is 4.39 Å². The summed E-state index contributed by atoms with van der Waals surface area (Å²) in [5.74, 6) is -2.45. The van der Waals surface area contributed by atoms with Gasteiger partial charge >= 0.3 is 5.97 Å². The maximum Gasteiger partial charge on any atom is 0.305 e. The lowest BCUT2D eigenvalue weighted by atomic mass is 10.0. The molecule has 0 aromatic heterocycles. The van der Waals surface area contributed by atoms with Crippen LogP contribution in [0, 0.1) is 11.7 Å². The lowest BCUT2D eigenvalue weighted by Crippen LogP contribution is -2.37. The van der Waals surface area contributed by atoms with Crippen molar-refractivity contribution in [3.8, 4) is 0 Å². The Labute approximate surface area is 139 Å². The largest absolute Gasteiger partial charge is 0.481 e. The van der Waals surface area contributed by atoms with Crippen molar-refractivity contribution in [3.05, 3.63) is 35.6 Å². The average Bonchev–Trinajstić information content (AvgIpc) is 2.89. The van der Waals surface area contributed by atoms with E-state index in [2.05, 4.69) is 5.32 Å². The highest BCUT2D eigenvalue weighted by Crippen LogP contribution is 2.23. The number of amides is 2. The topological polar surface area (TPSA) is 86.7 Å². The molecule has 1 aromatic rings. The molecular formula is C17H21FN2O4. The highest BCUT2D eigenvalue weighted by Gasteiger charge is 2.36. The van der Waals surface area contributed by atoms with Crippen LogP contribution >= 0.6 is 0 Å². The van der Waals surface area contributed by atoms with Crippen molar-refractivity contribution in [2.75, 3.05) is 6.54 Å². The maximum absolute atomic E-state index is 13.0. The Morgan fingerprint density at radius 1 is 1.33 bits per heavy atom. The van der Waals surface area contributed by atoms with Gasteiger partial charge in [0.25, 0.3) is 0 Å². The Morgan fingerprint density at radius 3 is 2.46 bits per heavy atom. The third-order valence-corrected chi connectivity index (χ3v) is 4.12. The molecule has 0 spiro atoms. The van der Waals surface area contributed by atoms with E-state index in [0.29, 0.717) is 12.1 Å². The number of halogens is 1. The number of carboxylic acid groups (broad SMARTS) is 1. The molecule has 1 fully saturated rings. The van der Waals surface area contributed by atoms with Gasteiger partial charge in [-0.1, -0.05) is 12.1 Å². The standard InChI is InChI=1S/C17H21FN2O4/c1-10(2)20-9-12(7-15(20)21)17(24)19-14(8-16(22)23)11-3-5-13(18)6-4-11/h3-6,10,12,14H,7-9H2,1-2H3,(H,19,24)(H,22,23)/t12-,14+/m0/s1. The zero-order valence-electron chi connectivity index (χ0n) is 13.7. The van der Waals surface area contributed by atoms with Crippen LogP contribution in [0.3, 0.4) is 0 Å². The van der Waals surface area contributed by atoms with Crippen LogP contribution in [-0.2, 0) is 14.4 Å². The number of hydrogen-bond acceptors (Lipinski definition) is 3. The van der Waals surface area contributed by atoms with E-state index < -0.39 is 23.7 Å². The van der Waals surface area contributed by atoms with Crippen molar-refractivity contribution < 1.29 is 23.9 Å². The van der Waals surface area contributed by atoms with Gasteiger partial charge in [-0.3, -0.25) is 14.4 Å². The van der Waals surface area contributed by atoms with E-state index >= 15 is 0 Å². The van der Waals surface area contributed by atoms with Gasteiger partial charge < -0.3 is 15.3 Å². The minimum atomic E-state index is -1.07. The van der Waals surface area contributed by atoms with Gasteiger partial charge in [0, 0.05) is 19.0 Å². The van der Waals surface area contributed by atoms with E-state index in [1.165, 1.54) is 24.3 Å². The lowest BCUT2D eigenvalue weighted by molar-refractivity contribution is -0.138. The van der Waals surface area contributed by atoms with Crippen LogP contribution < -0.4 is 5.32 Å². The monoisotopic (exact) mass is 336 g/mol. The predicted octanol–water partition coefficient (Wildman–Crippen LogP) is 1.71. The molecule has 0 unspecified atom stereocenters. The fourth-order valence-corrected chi connectivity index (χ4v) is 2.82. The van der Waals surface area contributed by atoms with Crippen LogP contribution in [0.1, 0.15) is 38.3 Å². The van der Waals surface area contributed by atoms with E-state index in [4.69, 9.17) is 5.11 Å². The summed E-state index contributed by atoms with van der Waals surface area (Å²) in [6.45, 7) is 4.08. The van der Waals surface area contributed by atoms with Gasteiger partial charge in [0.1, 0.15) is 5.82 Å². The molecule has 7 heteroatoms. The molecule has 1 heterocycles. The molecule has 2 rings (SSSR count). The van der Waals surface area contributed by atoms with Crippen molar-refractivity contribution in [1.82, 2.24) is 10.2 Å². The van der Waals surface area contributed by atoms with Crippen LogP contribution in [0.2, 0.25) is 0 Å². The third kappa shape index (κ3) is 4.31. The fourth-order valence-electron chi connectivity index (χ4n) is 2.82. The zero-order chi connectivity index (χ0) is 17.9. The molecular weight excluding hydrogens is 315 g/mol. The quantitative estimate of drug-likeness (QED) is 0.828. The van der Waals surface area contributed by atoms with Crippen LogP contribution in [0.25, 0.3) is 0 Å². The third-order valence-electron chi connectivity index (χ3n) is 4.12. The molecule has 2 atom stereocenters. The molecule has 1 aliphatic heterocycles.